The Hall–Kier alpha value is -1.91. The van der Waals surface area contributed by atoms with Crippen molar-refractivity contribution in [3.63, 3.8) is 0 Å². The molecule has 0 radical (unpaired) electrons. The van der Waals surface area contributed by atoms with E-state index < -0.39 is 10.0 Å². The van der Waals surface area contributed by atoms with Gasteiger partial charge in [0.1, 0.15) is 5.82 Å². The Morgan fingerprint density at radius 1 is 1.18 bits per heavy atom. The van der Waals surface area contributed by atoms with E-state index in [-0.39, 0.29) is 16.6 Å². The quantitative estimate of drug-likeness (QED) is 0.690. The van der Waals surface area contributed by atoms with Crippen molar-refractivity contribution in [2.24, 2.45) is 0 Å². The Morgan fingerprint density at radius 3 is 2.50 bits per heavy atom. The number of carbonyl (C=O) groups is 1. The van der Waals surface area contributed by atoms with Crippen LogP contribution < -0.4 is 5.32 Å². The van der Waals surface area contributed by atoms with Crippen LogP contribution in [-0.2, 0) is 14.8 Å². The van der Waals surface area contributed by atoms with Crippen molar-refractivity contribution in [2.75, 3.05) is 24.2 Å². The summed E-state index contributed by atoms with van der Waals surface area (Å²) in [5, 5.41) is 11.8. The molecule has 1 aromatic heterocycles. The molecule has 1 aromatic carbocycles. The highest BCUT2D eigenvalue weighted by Crippen LogP contribution is 2.38. The van der Waals surface area contributed by atoms with E-state index in [2.05, 4.69) is 20.1 Å². The van der Waals surface area contributed by atoms with Crippen LogP contribution >= 0.6 is 11.8 Å². The van der Waals surface area contributed by atoms with Crippen LogP contribution in [0.2, 0.25) is 0 Å². The van der Waals surface area contributed by atoms with E-state index in [0.29, 0.717) is 24.8 Å². The highest BCUT2D eigenvalue weighted by Gasteiger charge is 2.29. The average molecular weight is 422 g/mol. The first kappa shape index (κ1) is 19.4. The molecule has 2 aromatic rings. The van der Waals surface area contributed by atoms with Gasteiger partial charge in [0.25, 0.3) is 0 Å². The minimum atomic E-state index is -3.44. The third-order valence-electron chi connectivity index (χ3n) is 4.92. The minimum absolute atomic E-state index is 0.164. The number of sulfonamides is 1. The molecule has 0 bridgehead atoms. The van der Waals surface area contributed by atoms with Crippen molar-refractivity contribution in [2.45, 2.75) is 48.7 Å². The molecule has 28 heavy (non-hydrogen) atoms. The molecule has 1 saturated carbocycles. The highest BCUT2D eigenvalue weighted by atomic mass is 32.2. The molecule has 4 rings (SSSR count). The second kappa shape index (κ2) is 7.84. The van der Waals surface area contributed by atoms with Gasteiger partial charge in [-0.2, -0.15) is 4.31 Å². The van der Waals surface area contributed by atoms with E-state index in [1.54, 1.807) is 24.3 Å². The number of rotatable bonds is 7. The molecule has 1 saturated heterocycles. The van der Waals surface area contributed by atoms with Crippen molar-refractivity contribution in [1.29, 1.82) is 0 Å². The molecule has 0 unspecified atom stereocenters. The van der Waals surface area contributed by atoms with Crippen LogP contribution in [-0.4, -0.2) is 52.2 Å². The van der Waals surface area contributed by atoms with Crippen LogP contribution in [0.4, 0.5) is 5.69 Å². The molecule has 2 heterocycles. The van der Waals surface area contributed by atoms with Gasteiger partial charge in [0.15, 0.2) is 5.16 Å². The number of hydrogen-bond donors (Lipinski definition) is 1. The lowest BCUT2D eigenvalue weighted by Crippen LogP contribution is -2.27. The predicted molar refractivity (Wildman–Crippen MR) is 107 cm³/mol. The Balaban J connectivity index is 1.35. The summed E-state index contributed by atoms with van der Waals surface area (Å²) in [6.07, 6.45) is 4.06. The molecule has 10 heteroatoms. The van der Waals surface area contributed by atoms with Crippen LogP contribution in [0.1, 0.15) is 37.5 Å². The second-order valence-electron chi connectivity index (χ2n) is 7.10. The zero-order valence-electron chi connectivity index (χ0n) is 15.7. The van der Waals surface area contributed by atoms with Gasteiger partial charge >= 0.3 is 0 Å². The number of amides is 1. The smallest absolute Gasteiger partial charge is 0.243 e. The van der Waals surface area contributed by atoms with Gasteiger partial charge in [-0.15, -0.1) is 10.2 Å². The third-order valence-corrected chi connectivity index (χ3v) is 7.78. The monoisotopic (exact) mass is 421 g/mol. The average Bonchev–Trinajstić information content (AvgIpc) is 3.20. The van der Waals surface area contributed by atoms with Gasteiger partial charge in [-0.3, -0.25) is 4.79 Å². The second-order valence-corrected chi connectivity index (χ2v) is 9.98. The molecule has 1 aliphatic carbocycles. The number of hydrogen-bond acceptors (Lipinski definition) is 6. The van der Waals surface area contributed by atoms with E-state index >= 15 is 0 Å². The van der Waals surface area contributed by atoms with Crippen LogP contribution in [0.3, 0.4) is 0 Å². The van der Waals surface area contributed by atoms with Crippen molar-refractivity contribution in [1.82, 2.24) is 19.1 Å². The van der Waals surface area contributed by atoms with E-state index in [9.17, 15) is 13.2 Å². The van der Waals surface area contributed by atoms with Gasteiger partial charge in [-0.25, -0.2) is 8.42 Å². The fourth-order valence-electron chi connectivity index (χ4n) is 3.32. The zero-order valence-corrected chi connectivity index (χ0v) is 17.3. The number of carbonyl (C=O) groups excluding carboxylic acids is 1. The van der Waals surface area contributed by atoms with Crippen LogP contribution in [0.15, 0.2) is 34.3 Å². The molecule has 2 aliphatic rings. The normalized spacial score (nSPS) is 17.8. The van der Waals surface area contributed by atoms with E-state index in [4.69, 9.17) is 0 Å². The summed E-state index contributed by atoms with van der Waals surface area (Å²) in [7, 11) is -3.44. The Kier molecular flexibility index (Phi) is 5.44. The molecule has 1 amide bonds. The van der Waals surface area contributed by atoms with Crippen molar-refractivity contribution < 1.29 is 13.2 Å². The molecular formula is C18H23N5O3S2. The number of aromatic nitrogens is 3. The fraction of sp³-hybridized carbons (Fsp3) is 0.500. The molecular weight excluding hydrogens is 398 g/mol. The number of thioether (sulfide) groups is 1. The van der Waals surface area contributed by atoms with E-state index in [0.717, 1.165) is 36.7 Å². The van der Waals surface area contributed by atoms with Crippen LogP contribution in [0.25, 0.3) is 0 Å². The first-order valence-electron chi connectivity index (χ1n) is 9.39. The lowest BCUT2D eigenvalue weighted by atomic mass is 10.3. The van der Waals surface area contributed by atoms with E-state index in [1.165, 1.54) is 16.1 Å². The number of nitrogens with zero attached hydrogens (tertiary/aromatic N) is 4. The summed E-state index contributed by atoms with van der Waals surface area (Å²) < 4.78 is 28.7. The first-order chi connectivity index (χ1) is 13.4. The fourth-order valence-corrected chi connectivity index (χ4v) is 5.68. The zero-order chi connectivity index (χ0) is 19.7. The third kappa shape index (κ3) is 4.08. The molecule has 0 spiro atoms. The van der Waals surface area contributed by atoms with Gasteiger partial charge in [-0.1, -0.05) is 11.8 Å². The number of anilines is 1. The van der Waals surface area contributed by atoms with Gasteiger partial charge in [0, 0.05) is 24.8 Å². The maximum atomic E-state index is 12.5. The Labute approximate surface area is 168 Å². The maximum Gasteiger partial charge on any atom is 0.243 e. The summed E-state index contributed by atoms with van der Waals surface area (Å²) in [6, 6.07) is 6.81. The van der Waals surface area contributed by atoms with E-state index in [1.807, 2.05) is 6.92 Å². The maximum absolute atomic E-state index is 12.5. The van der Waals surface area contributed by atoms with Crippen molar-refractivity contribution in [3.8, 4) is 0 Å². The number of benzene rings is 1. The number of aryl methyl sites for hydroxylation is 1. The van der Waals surface area contributed by atoms with Crippen molar-refractivity contribution in [3.05, 3.63) is 30.1 Å². The molecule has 8 nitrogen and oxygen atoms in total. The SMILES string of the molecule is Cc1nnc(SCC(=O)Nc2ccc(S(=O)(=O)N3CCCC3)cc2)n1C1CC1. The predicted octanol–water partition coefficient (Wildman–Crippen LogP) is 2.44. The standard InChI is InChI=1S/C18H23N5O3S2/c1-13-20-21-18(23(13)15-6-7-15)27-12-17(24)19-14-4-8-16(9-5-14)28(25,26)22-10-2-3-11-22/h4-5,8-9,15H,2-3,6-7,10-12H2,1H3,(H,19,24). The minimum Gasteiger partial charge on any atom is -0.325 e. The molecule has 150 valence electrons. The van der Waals surface area contributed by atoms with Crippen molar-refractivity contribution >= 4 is 33.4 Å². The Bertz CT molecular complexity index is 962. The van der Waals surface area contributed by atoms with Crippen LogP contribution in [0, 0.1) is 6.92 Å². The molecule has 1 aliphatic heterocycles. The van der Waals surface area contributed by atoms with Gasteiger partial charge in [0.05, 0.1) is 10.6 Å². The number of nitrogens with one attached hydrogen (secondary N) is 1. The molecule has 2 fully saturated rings. The summed E-state index contributed by atoms with van der Waals surface area (Å²) >= 11 is 1.36. The topological polar surface area (TPSA) is 97.2 Å². The van der Waals surface area contributed by atoms with Gasteiger partial charge < -0.3 is 9.88 Å². The summed E-state index contributed by atoms with van der Waals surface area (Å²) in [5.41, 5.74) is 0.575. The summed E-state index contributed by atoms with van der Waals surface area (Å²) in [6.45, 7) is 3.07. The Morgan fingerprint density at radius 2 is 1.86 bits per heavy atom. The lowest BCUT2D eigenvalue weighted by Gasteiger charge is -2.15. The molecule has 0 atom stereocenters. The molecule has 1 N–H and O–H groups in total. The van der Waals surface area contributed by atoms with Gasteiger partial charge in [-0.05, 0) is 56.9 Å². The highest BCUT2D eigenvalue weighted by molar-refractivity contribution is 7.99. The first-order valence-corrected chi connectivity index (χ1v) is 11.8. The summed E-state index contributed by atoms with van der Waals surface area (Å²) in [4.78, 5) is 12.5. The van der Waals surface area contributed by atoms with Crippen LogP contribution in [0.5, 0.6) is 0 Å². The largest absolute Gasteiger partial charge is 0.325 e. The lowest BCUT2D eigenvalue weighted by molar-refractivity contribution is -0.113. The summed E-state index contributed by atoms with van der Waals surface area (Å²) in [5.74, 6) is 0.932. The van der Waals surface area contributed by atoms with Gasteiger partial charge in [0.2, 0.25) is 15.9 Å².